The van der Waals surface area contributed by atoms with Crippen LogP contribution in [0, 0.1) is 0 Å². The molecule has 0 aliphatic carbocycles. The summed E-state index contributed by atoms with van der Waals surface area (Å²) in [5, 5.41) is 5.89. The fourth-order valence-corrected chi connectivity index (χ4v) is 1.92. The molecule has 0 aromatic heterocycles. The molecule has 2 N–H and O–H groups in total. The molecule has 1 saturated heterocycles. The molecule has 76 valence electrons. The number of nitrogens with one attached hydrogen (secondary N) is 2. The van der Waals surface area contributed by atoms with Crippen LogP contribution in [0.1, 0.15) is 33.1 Å². The van der Waals surface area contributed by atoms with E-state index in [1.807, 2.05) is 7.05 Å². The Morgan fingerprint density at radius 2 is 1.85 bits per heavy atom. The lowest BCUT2D eigenvalue weighted by molar-refractivity contribution is 0.0738. The number of rotatable bonds is 1. The highest BCUT2D eigenvalue weighted by Gasteiger charge is 2.24. The zero-order valence-electron chi connectivity index (χ0n) is 8.63. The van der Waals surface area contributed by atoms with Gasteiger partial charge in [-0.15, -0.1) is 0 Å². The van der Waals surface area contributed by atoms with E-state index in [-0.39, 0.29) is 0 Å². The predicted molar refractivity (Wildman–Crippen MR) is 59.4 cm³/mol. The molecule has 0 aromatic rings. The van der Waals surface area contributed by atoms with Crippen molar-refractivity contribution in [1.29, 1.82) is 0 Å². The van der Waals surface area contributed by atoms with E-state index in [0.717, 1.165) is 0 Å². The third-order valence-corrected chi connectivity index (χ3v) is 2.95. The van der Waals surface area contributed by atoms with Crippen molar-refractivity contribution in [3.63, 3.8) is 0 Å². The second-order valence-electron chi connectivity index (χ2n) is 3.73. The summed E-state index contributed by atoms with van der Waals surface area (Å²) in [4.78, 5) is 0. The first-order valence-electron chi connectivity index (χ1n) is 4.92. The summed E-state index contributed by atoms with van der Waals surface area (Å²) in [7, 11) is 1.84. The maximum atomic E-state index is 5.08. The van der Waals surface area contributed by atoms with Crippen molar-refractivity contribution in [2.45, 2.75) is 45.2 Å². The molecule has 1 heterocycles. The lowest BCUT2D eigenvalue weighted by Crippen LogP contribution is -2.55. The van der Waals surface area contributed by atoms with Gasteiger partial charge >= 0.3 is 0 Å². The van der Waals surface area contributed by atoms with E-state index in [1.54, 1.807) is 0 Å². The Labute approximate surface area is 85.8 Å². The molecule has 0 bridgehead atoms. The van der Waals surface area contributed by atoms with Gasteiger partial charge in [-0.3, -0.25) is 5.43 Å². The summed E-state index contributed by atoms with van der Waals surface area (Å²) >= 11 is 5.08. The summed E-state index contributed by atoms with van der Waals surface area (Å²) < 4.78 is 0. The van der Waals surface area contributed by atoms with E-state index < -0.39 is 0 Å². The number of hydrogen-bond donors (Lipinski definition) is 2. The quantitative estimate of drug-likeness (QED) is 0.625. The minimum absolute atomic E-state index is 0.579. The molecule has 0 aromatic carbocycles. The maximum Gasteiger partial charge on any atom is 0.180 e. The summed E-state index contributed by atoms with van der Waals surface area (Å²) in [5.41, 5.74) is 3.22. The number of piperidine rings is 1. The van der Waals surface area contributed by atoms with Crippen molar-refractivity contribution in [2.75, 3.05) is 7.05 Å². The Morgan fingerprint density at radius 3 is 2.31 bits per heavy atom. The first-order valence-corrected chi connectivity index (χ1v) is 5.32. The molecule has 4 heteroatoms. The van der Waals surface area contributed by atoms with Gasteiger partial charge in [-0.05, 0) is 38.9 Å². The molecule has 0 unspecified atom stereocenters. The van der Waals surface area contributed by atoms with Crippen molar-refractivity contribution in [3.05, 3.63) is 0 Å². The smallest absolute Gasteiger partial charge is 0.180 e. The molecule has 0 spiro atoms. The van der Waals surface area contributed by atoms with Crippen LogP contribution in [0.2, 0.25) is 0 Å². The maximum absolute atomic E-state index is 5.08. The van der Waals surface area contributed by atoms with E-state index in [4.69, 9.17) is 12.2 Å². The van der Waals surface area contributed by atoms with Gasteiger partial charge < -0.3 is 5.32 Å². The van der Waals surface area contributed by atoms with Gasteiger partial charge in [0, 0.05) is 19.1 Å². The van der Waals surface area contributed by atoms with Gasteiger partial charge in [0.25, 0.3) is 0 Å². The van der Waals surface area contributed by atoms with E-state index in [9.17, 15) is 0 Å². The third-order valence-electron chi connectivity index (χ3n) is 2.65. The lowest BCUT2D eigenvalue weighted by Gasteiger charge is -2.39. The molecule has 3 nitrogen and oxygen atoms in total. The summed E-state index contributed by atoms with van der Waals surface area (Å²) in [6.45, 7) is 4.47. The Kier molecular flexibility index (Phi) is 3.93. The molecule has 0 amide bonds. The van der Waals surface area contributed by atoms with Gasteiger partial charge in [0.2, 0.25) is 0 Å². The Bertz CT molecular complexity index is 174. The van der Waals surface area contributed by atoms with Crippen LogP contribution in [0.15, 0.2) is 0 Å². The van der Waals surface area contributed by atoms with Crippen molar-refractivity contribution in [2.24, 2.45) is 0 Å². The molecule has 1 fully saturated rings. The van der Waals surface area contributed by atoms with Gasteiger partial charge in [-0.25, -0.2) is 5.01 Å². The molecular weight excluding hydrogens is 182 g/mol. The van der Waals surface area contributed by atoms with Crippen LogP contribution < -0.4 is 10.7 Å². The normalized spacial score (nSPS) is 29.8. The van der Waals surface area contributed by atoms with Crippen molar-refractivity contribution in [3.8, 4) is 0 Å². The van der Waals surface area contributed by atoms with Crippen LogP contribution >= 0.6 is 12.2 Å². The molecule has 2 atom stereocenters. The zero-order valence-corrected chi connectivity index (χ0v) is 9.45. The summed E-state index contributed by atoms with van der Waals surface area (Å²) in [6, 6.07) is 1.16. The van der Waals surface area contributed by atoms with Gasteiger partial charge in [-0.2, -0.15) is 0 Å². The van der Waals surface area contributed by atoms with E-state index in [0.29, 0.717) is 17.2 Å². The van der Waals surface area contributed by atoms with Crippen LogP contribution in [0.3, 0.4) is 0 Å². The van der Waals surface area contributed by atoms with Crippen LogP contribution in [-0.4, -0.2) is 29.3 Å². The van der Waals surface area contributed by atoms with Gasteiger partial charge in [0.15, 0.2) is 5.11 Å². The predicted octanol–water partition coefficient (Wildman–Crippen LogP) is 1.26. The first-order chi connectivity index (χ1) is 6.15. The molecular formula is C9H19N3S. The van der Waals surface area contributed by atoms with Crippen LogP contribution in [0.25, 0.3) is 0 Å². The molecule has 1 rings (SSSR count). The highest BCUT2D eigenvalue weighted by atomic mass is 32.1. The Balaban J connectivity index is 2.48. The fraction of sp³-hybridized carbons (Fsp3) is 0.889. The lowest BCUT2D eigenvalue weighted by atomic mass is 10.00. The first kappa shape index (κ1) is 10.7. The van der Waals surface area contributed by atoms with E-state index in [1.165, 1.54) is 19.3 Å². The molecule has 0 radical (unpaired) electrons. The van der Waals surface area contributed by atoms with Gasteiger partial charge in [-0.1, -0.05) is 6.42 Å². The van der Waals surface area contributed by atoms with Crippen molar-refractivity contribution >= 4 is 17.3 Å². The molecule has 1 aliphatic rings. The largest absolute Gasteiger partial charge is 0.365 e. The number of hydrogen-bond acceptors (Lipinski definition) is 2. The second-order valence-corrected chi connectivity index (χ2v) is 4.14. The van der Waals surface area contributed by atoms with Crippen LogP contribution in [0.5, 0.6) is 0 Å². The SMILES string of the molecule is CNC(=S)NN1[C@H](C)CCC[C@H]1C. The highest BCUT2D eigenvalue weighted by molar-refractivity contribution is 7.80. The average molecular weight is 201 g/mol. The topological polar surface area (TPSA) is 27.3 Å². The molecule has 0 saturated carbocycles. The summed E-state index contributed by atoms with van der Waals surface area (Å²) in [5.74, 6) is 0. The third kappa shape index (κ3) is 2.81. The molecule has 1 aliphatic heterocycles. The number of thiocarbonyl (C=S) groups is 1. The minimum Gasteiger partial charge on any atom is -0.365 e. The minimum atomic E-state index is 0.579. The number of nitrogens with zero attached hydrogens (tertiary/aromatic N) is 1. The van der Waals surface area contributed by atoms with Crippen molar-refractivity contribution < 1.29 is 0 Å². The van der Waals surface area contributed by atoms with E-state index in [2.05, 4.69) is 29.6 Å². The van der Waals surface area contributed by atoms with Gasteiger partial charge in [0.05, 0.1) is 0 Å². The Morgan fingerprint density at radius 1 is 1.31 bits per heavy atom. The average Bonchev–Trinajstić information content (AvgIpc) is 2.11. The Hall–Kier alpha value is -0.350. The van der Waals surface area contributed by atoms with E-state index >= 15 is 0 Å². The zero-order chi connectivity index (χ0) is 9.84. The molecule has 13 heavy (non-hydrogen) atoms. The fourth-order valence-electron chi connectivity index (χ4n) is 1.81. The van der Waals surface area contributed by atoms with Gasteiger partial charge in [0.1, 0.15) is 0 Å². The van der Waals surface area contributed by atoms with Crippen molar-refractivity contribution in [1.82, 2.24) is 15.8 Å². The number of hydrazine groups is 1. The van der Waals surface area contributed by atoms with Crippen LogP contribution in [0.4, 0.5) is 0 Å². The summed E-state index contributed by atoms with van der Waals surface area (Å²) in [6.07, 6.45) is 3.83. The highest BCUT2D eigenvalue weighted by Crippen LogP contribution is 2.19. The standard InChI is InChI=1S/C9H19N3S/c1-7-5-4-6-8(2)12(7)11-9(13)10-3/h7-8H,4-6H2,1-3H3,(H2,10,11,13)/t7-,8-/m1/s1. The van der Waals surface area contributed by atoms with Crippen LogP contribution in [-0.2, 0) is 0 Å². The second kappa shape index (κ2) is 4.77. The monoisotopic (exact) mass is 201 g/mol.